The molecule has 1 aromatic rings. The zero-order valence-electron chi connectivity index (χ0n) is 12.8. The van der Waals surface area contributed by atoms with Crippen LogP contribution in [0.15, 0.2) is 29.2 Å². The highest BCUT2D eigenvalue weighted by atomic mass is 32.2. The van der Waals surface area contributed by atoms with Gasteiger partial charge in [-0.1, -0.05) is 12.1 Å². The minimum Gasteiger partial charge on any atom is -0.389 e. The van der Waals surface area contributed by atoms with Crippen molar-refractivity contribution < 1.29 is 13.5 Å². The fraction of sp³-hybridized carbons (Fsp3) is 0.600. The smallest absolute Gasteiger partial charge is 0.242 e. The van der Waals surface area contributed by atoms with Gasteiger partial charge in [-0.15, -0.1) is 0 Å². The third-order valence-corrected chi connectivity index (χ3v) is 4.92. The van der Waals surface area contributed by atoms with E-state index in [1.807, 2.05) is 17.9 Å². The van der Waals surface area contributed by atoms with E-state index in [0.717, 1.165) is 12.8 Å². The van der Waals surface area contributed by atoms with E-state index in [9.17, 15) is 13.5 Å². The molecule has 0 radical (unpaired) electrons. The molecule has 21 heavy (non-hydrogen) atoms. The van der Waals surface area contributed by atoms with Gasteiger partial charge < -0.3 is 10.0 Å². The number of likely N-dealkylation sites (N-methyl/N-ethyl adjacent to an activating group) is 1. The summed E-state index contributed by atoms with van der Waals surface area (Å²) in [5.41, 5.74) is -0.258. The minimum atomic E-state index is -3.51. The largest absolute Gasteiger partial charge is 0.389 e. The summed E-state index contributed by atoms with van der Waals surface area (Å²) in [5.74, 6) is 0. The number of benzene rings is 1. The molecule has 0 aliphatic heterocycles. The van der Waals surface area contributed by atoms with Crippen LogP contribution in [0.5, 0.6) is 0 Å². The van der Waals surface area contributed by atoms with Gasteiger partial charge in [0, 0.05) is 19.1 Å². The molecule has 1 aliphatic rings. The molecule has 0 saturated heterocycles. The van der Waals surface area contributed by atoms with Gasteiger partial charge in [0.25, 0.3) is 0 Å². The fourth-order valence-corrected chi connectivity index (χ4v) is 3.80. The molecule has 0 spiro atoms. The summed E-state index contributed by atoms with van der Waals surface area (Å²) in [4.78, 5) is 2.17. The van der Waals surface area contributed by atoms with E-state index in [-0.39, 0.29) is 10.9 Å². The Hall–Kier alpha value is -1.11. The maximum atomic E-state index is 12.5. The van der Waals surface area contributed by atoms with Crippen LogP contribution in [0.3, 0.4) is 0 Å². The molecule has 0 amide bonds. The van der Waals surface area contributed by atoms with Crippen LogP contribution in [0.2, 0.25) is 0 Å². The number of sulfonamides is 1. The van der Waals surface area contributed by atoms with Gasteiger partial charge in [-0.05, 0) is 45.7 Å². The first kappa shape index (κ1) is 16.3. The van der Waals surface area contributed by atoms with Gasteiger partial charge in [-0.3, -0.25) is 0 Å². The summed E-state index contributed by atoms with van der Waals surface area (Å²) >= 11 is 0. The van der Waals surface area contributed by atoms with Crippen LogP contribution in [-0.4, -0.2) is 38.3 Å². The summed E-state index contributed by atoms with van der Waals surface area (Å²) in [6, 6.07) is 7.03. The summed E-state index contributed by atoms with van der Waals surface area (Å²) in [7, 11) is -3.51. The van der Waals surface area contributed by atoms with E-state index >= 15 is 0 Å². The maximum Gasteiger partial charge on any atom is 0.242 e. The third-order valence-electron chi connectivity index (χ3n) is 3.35. The fourth-order valence-electron chi connectivity index (χ4n) is 2.26. The highest BCUT2D eigenvalue weighted by Crippen LogP contribution is 2.29. The van der Waals surface area contributed by atoms with Crippen molar-refractivity contribution in [1.29, 1.82) is 0 Å². The second-order valence-electron chi connectivity index (χ2n) is 6.19. The van der Waals surface area contributed by atoms with E-state index in [4.69, 9.17) is 0 Å². The molecule has 1 fully saturated rings. The lowest BCUT2D eigenvalue weighted by molar-refractivity contribution is 0.0874. The predicted octanol–water partition coefficient (Wildman–Crippen LogP) is 1.72. The SMILES string of the molecule is CCN(CC(C)(C)O)c1ccccc1S(=O)(=O)NC1CC1. The second kappa shape index (κ2) is 5.94. The van der Waals surface area contributed by atoms with Crippen LogP contribution in [0.25, 0.3) is 0 Å². The molecule has 6 heteroatoms. The Morgan fingerprint density at radius 2 is 1.95 bits per heavy atom. The normalized spacial score (nSPS) is 16.0. The van der Waals surface area contributed by atoms with E-state index in [1.54, 1.807) is 32.0 Å². The van der Waals surface area contributed by atoms with Crippen LogP contribution in [0.4, 0.5) is 5.69 Å². The van der Waals surface area contributed by atoms with Gasteiger partial charge in [-0.25, -0.2) is 13.1 Å². The quantitative estimate of drug-likeness (QED) is 0.804. The minimum absolute atomic E-state index is 0.0763. The number of nitrogens with one attached hydrogen (secondary N) is 1. The van der Waals surface area contributed by atoms with Crippen LogP contribution in [-0.2, 0) is 10.0 Å². The molecule has 0 heterocycles. The number of anilines is 1. The number of nitrogens with zero attached hydrogens (tertiary/aromatic N) is 1. The molecule has 2 rings (SSSR count). The third kappa shape index (κ3) is 4.43. The number of hydrogen-bond acceptors (Lipinski definition) is 4. The first-order chi connectivity index (χ1) is 9.73. The van der Waals surface area contributed by atoms with Gasteiger partial charge in [0.2, 0.25) is 10.0 Å². The summed E-state index contributed by atoms with van der Waals surface area (Å²) < 4.78 is 27.7. The Labute approximate surface area is 127 Å². The molecule has 5 nitrogen and oxygen atoms in total. The standard InChI is InChI=1S/C15H24N2O3S/c1-4-17(11-15(2,3)18)13-7-5-6-8-14(13)21(19,20)16-12-9-10-12/h5-8,12,16,18H,4,9-11H2,1-3H3. The Morgan fingerprint density at radius 3 is 2.48 bits per heavy atom. The van der Waals surface area contributed by atoms with E-state index in [1.165, 1.54) is 0 Å². The first-order valence-electron chi connectivity index (χ1n) is 7.31. The maximum absolute atomic E-state index is 12.5. The van der Waals surface area contributed by atoms with Crippen LogP contribution >= 0.6 is 0 Å². The molecule has 118 valence electrons. The Balaban J connectivity index is 2.34. The monoisotopic (exact) mass is 312 g/mol. The van der Waals surface area contributed by atoms with E-state index < -0.39 is 15.6 Å². The van der Waals surface area contributed by atoms with Gasteiger partial charge >= 0.3 is 0 Å². The Kier molecular flexibility index (Phi) is 4.60. The van der Waals surface area contributed by atoms with Crippen molar-refractivity contribution in [2.45, 2.75) is 50.2 Å². The van der Waals surface area contributed by atoms with Crippen molar-refractivity contribution in [2.75, 3.05) is 18.0 Å². The van der Waals surface area contributed by atoms with Gasteiger partial charge in [0.1, 0.15) is 4.90 Å². The van der Waals surface area contributed by atoms with Crippen LogP contribution in [0, 0.1) is 0 Å². The topological polar surface area (TPSA) is 69.6 Å². The number of hydrogen-bond donors (Lipinski definition) is 2. The molecule has 0 bridgehead atoms. The first-order valence-corrected chi connectivity index (χ1v) is 8.80. The Morgan fingerprint density at radius 1 is 1.33 bits per heavy atom. The second-order valence-corrected chi connectivity index (χ2v) is 7.87. The number of rotatable bonds is 7. The molecule has 2 N–H and O–H groups in total. The lowest BCUT2D eigenvalue weighted by Crippen LogP contribution is -2.39. The van der Waals surface area contributed by atoms with Crippen molar-refractivity contribution in [3.8, 4) is 0 Å². The highest BCUT2D eigenvalue weighted by molar-refractivity contribution is 7.89. The van der Waals surface area contributed by atoms with Gasteiger partial charge in [0.05, 0.1) is 11.3 Å². The highest BCUT2D eigenvalue weighted by Gasteiger charge is 2.30. The summed E-state index contributed by atoms with van der Waals surface area (Å²) in [6.07, 6.45) is 1.81. The van der Waals surface area contributed by atoms with Crippen molar-refractivity contribution >= 4 is 15.7 Å². The molecule has 1 aromatic carbocycles. The Bertz CT molecular complexity index is 589. The van der Waals surface area contributed by atoms with Gasteiger partial charge in [-0.2, -0.15) is 0 Å². The molecule has 0 aromatic heterocycles. The van der Waals surface area contributed by atoms with Crippen LogP contribution < -0.4 is 9.62 Å². The van der Waals surface area contributed by atoms with E-state index in [0.29, 0.717) is 18.8 Å². The zero-order chi connectivity index (χ0) is 15.7. The van der Waals surface area contributed by atoms with Crippen molar-refractivity contribution in [3.05, 3.63) is 24.3 Å². The number of para-hydroxylation sites is 1. The van der Waals surface area contributed by atoms with Crippen molar-refractivity contribution in [3.63, 3.8) is 0 Å². The molecule has 0 unspecified atom stereocenters. The average Bonchev–Trinajstić information content (AvgIpc) is 3.18. The predicted molar refractivity (Wildman–Crippen MR) is 84.0 cm³/mol. The molecule has 1 saturated carbocycles. The van der Waals surface area contributed by atoms with E-state index in [2.05, 4.69) is 4.72 Å². The van der Waals surface area contributed by atoms with Gasteiger partial charge in [0.15, 0.2) is 0 Å². The van der Waals surface area contributed by atoms with Crippen molar-refractivity contribution in [1.82, 2.24) is 4.72 Å². The number of aliphatic hydroxyl groups is 1. The van der Waals surface area contributed by atoms with Crippen LogP contribution in [0.1, 0.15) is 33.6 Å². The summed E-state index contributed by atoms with van der Waals surface area (Å²) in [6.45, 7) is 6.38. The molecular weight excluding hydrogens is 288 g/mol. The molecular formula is C15H24N2O3S. The zero-order valence-corrected chi connectivity index (χ0v) is 13.7. The average molecular weight is 312 g/mol. The summed E-state index contributed by atoms with van der Waals surface area (Å²) in [5, 5.41) is 10.0. The van der Waals surface area contributed by atoms with Crippen molar-refractivity contribution in [2.24, 2.45) is 0 Å². The molecule has 0 atom stereocenters. The lowest BCUT2D eigenvalue weighted by atomic mass is 10.1. The lowest BCUT2D eigenvalue weighted by Gasteiger charge is -2.31. The molecule has 1 aliphatic carbocycles.